The highest BCUT2D eigenvalue weighted by molar-refractivity contribution is 5.63. The summed E-state index contributed by atoms with van der Waals surface area (Å²) in [6, 6.07) is 15.7. The van der Waals surface area contributed by atoms with Crippen LogP contribution in [0.25, 0.3) is 11.1 Å². The molecule has 1 unspecified atom stereocenters. The molecule has 1 aliphatic rings. The van der Waals surface area contributed by atoms with E-state index < -0.39 is 0 Å². The molecule has 1 saturated carbocycles. The Labute approximate surface area is 146 Å². The van der Waals surface area contributed by atoms with Crippen LogP contribution >= 0.6 is 0 Å². The minimum atomic E-state index is -0.176. The Kier molecular flexibility index (Phi) is 5.71. The highest BCUT2D eigenvalue weighted by Gasteiger charge is 2.23. The number of hydrogen-bond acceptors (Lipinski definition) is 0. The molecule has 0 nitrogen and oxygen atoms in total. The molecule has 3 rings (SSSR count). The van der Waals surface area contributed by atoms with Crippen molar-refractivity contribution in [3.05, 3.63) is 59.9 Å². The molecule has 0 N–H and O–H groups in total. The summed E-state index contributed by atoms with van der Waals surface area (Å²) >= 11 is 0. The average Bonchev–Trinajstić information content (AvgIpc) is 2.63. The molecule has 0 bridgehead atoms. The molecule has 0 radical (unpaired) electrons. The third-order valence-corrected chi connectivity index (χ3v) is 5.84. The second kappa shape index (κ2) is 7.96. The third kappa shape index (κ3) is 4.26. The van der Waals surface area contributed by atoms with Gasteiger partial charge in [0.2, 0.25) is 0 Å². The quantitative estimate of drug-likeness (QED) is 0.545. The predicted octanol–water partition coefficient (Wildman–Crippen LogP) is 7.20. The van der Waals surface area contributed by atoms with Crippen molar-refractivity contribution in [3.63, 3.8) is 0 Å². The summed E-state index contributed by atoms with van der Waals surface area (Å²) in [7, 11) is 0. The van der Waals surface area contributed by atoms with Crippen molar-refractivity contribution in [2.45, 2.75) is 58.3 Å². The van der Waals surface area contributed by atoms with E-state index in [4.69, 9.17) is 0 Å². The van der Waals surface area contributed by atoms with E-state index in [1.165, 1.54) is 61.8 Å². The van der Waals surface area contributed by atoms with Gasteiger partial charge in [0.05, 0.1) is 0 Å². The Morgan fingerprint density at radius 1 is 0.875 bits per heavy atom. The van der Waals surface area contributed by atoms with Crippen LogP contribution in [-0.4, -0.2) is 0 Å². The average molecular weight is 324 g/mol. The minimum Gasteiger partial charge on any atom is -0.207 e. The number of hydrogen-bond donors (Lipinski definition) is 0. The van der Waals surface area contributed by atoms with E-state index in [0.717, 1.165) is 23.3 Å². The van der Waals surface area contributed by atoms with Crippen molar-refractivity contribution in [1.29, 1.82) is 0 Å². The zero-order chi connectivity index (χ0) is 16.9. The van der Waals surface area contributed by atoms with Gasteiger partial charge in [-0.3, -0.25) is 0 Å². The van der Waals surface area contributed by atoms with Crippen molar-refractivity contribution in [2.24, 2.45) is 11.8 Å². The van der Waals surface area contributed by atoms with Crippen molar-refractivity contribution in [3.8, 4) is 11.1 Å². The Morgan fingerprint density at radius 2 is 1.42 bits per heavy atom. The third-order valence-electron chi connectivity index (χ3n) is 5.84. The molecule has 1 aliphatic carbocycles. The van der Waals surface area contributed by atoms with Crippen LogP contribution in [0.3, 0.4) is 0 Å². The van der Waals surface area contributed by atoms with Gasteiger partial charge in [0, 0.05) is 0 Å². The molecule has 1 heteroatoms. The summed E-state index contributed by atoms with van der Waals surface area (Å²) < 4.78 is 13.0. The van der Waals surface area contributed by atoms with E-state index in [2.05, 4.69) is 38.1 Å². The van der Waals surface area contributed by atoms with Crippen LogP contribution in [-0.2, 0) is 0 Å². The molecule has 0 saturated heterocycles. The Morgan fingerprint density at radius 3 is 1.96 bits per heavy atom. The molecular weight excluding hydrogens is 295 g/mol. The highest BCUT2D eigenvalue weighted by Crippen LogP contribution is 2.38. The second-order valence-electron chi connectivity index (χ2n) is 7.60. The first kappa shape index (κ1) is 17.2. The Balaban J connectivity index is 1.59. The SMILES string of the molecule is CCC(C)CC1CCC(c2ccc(-c3ccc(F)cc3)cc2)CC1. The Bertz CT molecular complexity index is 618. The molecule has 0 aliphatic heterocycles. The lowest BCUT2D eigenvalue weighted by atomic mass is 9.75. The molecule has 24 heavy (non-hydrogen) atoms. The van der Waals surface area contributed by atoms with Crippen LogP contribution in [0.1, 0.15) is 63.9 Å². The van der Waals surface area contributed by atoms with Crippen LogP contribution in [0.4, 0.5) is 4.39 Å². The molecule has 128 valence electrons. The maximum Gasteiger partial charge on any atom is 0.123 e. The molecule has 0 heterocycles. The lowest BCUT2D eigenvalue weighted by Crippen LogP contribution is -2.15. The first-order valence-electron chi connectivity index (χ1n) is 9.51. The molecular formula is C23H29F. The summed E-state index contributed by atoms with van der Waals surface area (Å²) in [5, 5.41) is 0. The van der Waals surface area contributed by atoms with Crippen LogP contribution < -0.4 is 0 Å². The molecule has 0 aromatic heterocycles. The van der Waals surface area contributed by atoms with Crippen molar-refractivity contribution in [1.82, 2.24) is 0 Å². The fraction of sp³-hybridized carbons (Fsp3) is 0.478. The number of halogens is 1. The standard InChI is InChI=1S/C23H29F/c1-3-17(2)16-18-4-6-19(7-5-18)20-8-10-21(11-9-20)22-12-14-23(24)15-13-22/h8-15,17-19H,3-7,16H2,1-2H3. The van der Waals surface area contributed by atoms with E-state index in [0.29, 0.717) is 0 Å². The van der Waals surface area contributed by atoms with Crippen molar-refractivity contribution in [2.75, 3.05) is 0 Å². The van der Waals surface area contributed by atoms with Crippen molar-refractivity contribution >= 4 is 0 Å². The monoisotopic (exact) mass is 324 g/mol. The molecule has 2 aromatic carbocycles. The molecule has 2 aromatic rings. The number of benzene rings is 2. The topological polar surface area (TPSA) is 0 Å². The first-order chi connectivity index (χ1) is 11.7. The van der Waals surface area contributed by atoms with Crippen LogP contribution in [0.2, 0.25) is 0 Å². The maximum atomic E-state index is 13.0. The van der Waals surface area contributed by atoms with E-state index in [9.17, 15) is 4.39 Å². The molecule has 1 atom stereocenters. The summed E-state index contributed by atoms with van der Waals surface area (Å²) in [6.45, 7) is 4.69. The van der Waals surface area contributed by atoms with Crippen LogP contribution in [0.5, 0.6) is 0 Å². The number of rotatable bonds is 5. The summed E-state index contributed by atoms with van der Waals surface area (Å²) in [6.07, 6.45) is 8.15. The Hall–Kier alpha value is -1.63. The summed E-state index contributed by atoms with van der Waals surface area (Å²) in [5.41, 5.74) is 3.73. The van der Waals surface area contributed by atoms with Gasteiger partial charge in [0.15, 0.2) is 0 Å². The van der Waals surface area contributed by atoms with E-state index in [1.807, 2.05) is 12.1 Å². The zero-order valence-electron chi connectivity index (χ0n) is 15.0. The zero-order valence-corrected chi connectivity index (χ0v) is 15.0. The smallest absolute Gasteiger partial charge is 0.123 e. The van der Waals surface area contributed by atoms with E-state index in [1.54, 1.807) is 0 Å². The van der Waals surface area contributed by atoms with Gasteiger partial charge in [-0.15, -0.1) is 0 Å². The minimum absolute atomic E-state index is 0.176. The fourth-order valence-electron chi connectivity index (χ4n) is 4.06. The van der Waals surface area contributed by atoms with Gasteiger partial charge in [-0.2, -0.15) is 0 Å². The van der Waals surface area contributed by atoms with Gasteiger partial charge in [-0.25, -0.2) is 4.39 Å². The lowest BCUT2D eigenvalue weighted by Gasteiger charge is -2.30. The van der Waals surface area contributed by atoms with Gasteiger partial charge in [-0.1, -0.05) is 56.7 Å². The maximum absolute atomic E-state index is 13.0. The fourth-order valence-corrected chi connectivity index (χ4v) is 4.06. The van der Waals surface area contributed by atoms with E-state index >= 15 is 0 Å². The summed E-state index contributed by atoms with van der Waals surface area (Å²) in [4.78, 5) is 0. The first-order valence-corrected chi connectivity index (χ1v) is 9.51. The van der Waals surface area contributed by atoms with Gasteiger partial charge >= 0.3 is 0 Å². The summed E-state index contributed by atoms with van der Waals surface area (Å²) in [5.74, 6) is 2.36. The predicted molar refractivity (Wildman–Crippen MR) is 101 cm³/mol. The second-order valence-corrected chi connectivity index (χ2v) is 7.60. The molecule has 0 spiro atoms. The molecule has 0 amide bonds. The van der Waals surface area contributed by atoms with Crippen LogP contribution in [0, 0.1) is 17.7 Å². The lowest BCUT2D eigenvalue weighted by molar-refractivity contribution is 0.273. The van der Waals surface area contributed by atoms with Crippen molar-refractivity contribution < 1.29 is 4.39 Å². The highest BCUT2D eigenvalue weighted by atomic mass is 19.1. The van der Waals surface area contributed by atoms with Gasteiger partial charge < -0.3 is 0 Å². The van der Waals surface area contributed by atoms with Gasteiger partial charge in [0.25, 0.3) is 0 Å². The van der Waals surface area contributed by atoms with Crippen LogP contribution in [0.15, 0.2) is 48.5 Å². The largest absolute Gasteiger partial charge is 0.207 e. The van der Waals surface area contributed by atoms with E-state index in [-0.39, 0.29) is 5.82 Å². The normalized spacial score (nSPS) is 22.3. The van der Waals surface area contributed by atoms with Gasteiger partial charge in [-0.05, 0) is 78.7 Å². The van der Waals surface area contributed by atoms with Gasteiger partial charge in [0.1, 0.15) is 5.82 Å². The molecule has 1 fully saturated rings.